The average Bonchev–Trinajstić information content (AvgIpc) is 2.33. The largest absolute Gasteiger partial charge is 0.389 e. The molecule has 0 radical (unpaired) electrons. The summed E-state index contributed by atoms with van der Waals surface area (Å²) in [5.41, 5.74) is 1.23. The van der Waals surface area contributed by atoms with Crippen LogP contribution in [0.4, 0.5) is 10.1 Å². The second kappa shape index (κ2) is 4.94. The molecule has 0 bridgehead atoms. The van der Waals surface area contributed by atoms with Crippen LogP contribution in [0.1, 0.15) is 25.5 Å². The van der Waals surface area contributed by atoms with E-state index in [1.807, 2.05) is 4.90 Å². The Morgan fingerprint density at radius 3 is 2.94 bits per heavy atom. The van der Waals surface area contributed by atoms with E-state index in [0.29, 0.717) is 24.3 Å². The summed E-state index contributed by atoms with van der Waals surface area (Å²) >= 11 is 0. The van der Waals surface area contributed by atoms with Crippen molar-refractivity contribution < 1.29 is 14.3 Å². The first-order valence-electron chi connectivity index (χ1n) is 6.02. The van der Waals surface area contributed by atoms with Gasteiger partial charge >= 0.3 is 0 Å². The molecule has 2 unspecified atom stereocenters. The van der Waals surface area contributed by atoms with Crippen LogP contribution in [0.15, 0.2) is 18.2 Å². The third-order valence-corrected chi connectivity index (χ3v) is 3.25. The lowest BCUT2D eigenvalue weighted by atomic mass is 10.0. The molecule has 2 N–H and O–H groups in total. The maximum atomic E-state index is 13.2. The van der Waals surface area contributed by atoms with Gasteiger partial charge in [0.05, 0.1) is 6.10 Å². The molecule has 2 rings (SSSR count). The zero-order valence-corrected chi connectivity index (χ0v) is 10.5. The van der Waals surface area contributed by atoms with Crippen molar-refractivity contribution in [2.24, 2.45) is 0 Å². The van der Waals surface area contributed by atoms with Gasteiger partial charge in [-0.15, -0.1) is 0 Å². The van der Waals surface area contributed by atoms with E-state index in [1.54, 1.807) is 19.9 Å². The number of anilines is 1. The number of hydrogen-bond acceptors (Lipinski definition) is 3. The second-order valence-corrected chi connectivity index (χ2v) is 4.54. The summed E-state index contributed by atoms with van der Waals surface area (Å²) in [6.07, 6.45) is -0.770. The summed E-state index contributed by atoms with van der Waals surface area (Å²) < 4.78 is 13.2. The quantitative estimate of drug-likeness (QED) is 0.831. The van der Waals surface area contributed by atoms with Crippen LogP contribution in [-0.4, -0.2) is 30.1 Å². The smallest absolute Gasteiger partial charge is 0.242 e. The van der Waals surface area contributed by atoms with E-state index in [4.69, 9.17) is 0 Å². The number of benzene rings is 1. The van der Waals surface area contributed by atoms with Crippen molar-refractivity contribution in [3.05, 3.63) is 29.6 Å². The summed E-state index contributed by atoms with van der Waals surface area (Å²) in [6, 6.07) is 3.97. The lowest BCUT2D eigenvalue weighted by Gasteiger charge is -2.36. The molecule has 0 saturated carbocycles. The zero-order chi connectivity index (χ0) is 13.3. The minimum Gasteiger partial charge on any atom is -0.389 e. The molecule has 1 saturated heterocycles. The molecule has 5 heteroatoms. The topological polar surface area (TPSA) is 52.6 Å². The van der Waals surface area contributed by atoms with Crippen LogP contribution in [0, 0.1) is 5.82 Å². The molecular formula is C13H17FN2O2. The Balaban J connectivity index is 2.40. The Morgan fingerprint density at radius 1 is 1.56 bits per heavy atom. The highest BCUT2D eigenvalue weighted by atomic mass is 19.1. The van der Waals surface area contributed by atoms with Crippen molar-refractivity contribution >= 4 is 11.6 Å². The van der Waals surface area contributed by atoms with Gasteiger partial charge in [-0.25, -0.2) is 4.39 Å². The van der Waals surface area contributed by atoms with E-state index in [0.717, 1.165) is 0 Å². The standard InChI is InChI=1S/C13H17FN2O2/c1-8-13(18)15-5-6-16(8)12-4-3-10(14)7-11(12)9(2)17/h3-4,7-9,17H,5-6H2,1-2H3,(H,15,18). The molecule has 0 aromatic heterocycles. The fourth-order valence-corrected chi connectivity index (χ4v) is 2.23. The summed E-state index contributed by atoms with van der Waals surface area (Å²) in [6.45, 7) is 4.59. The van der Waals surface area contributed by atoms with E-state index in [-0.39, 0.29) is 17.8 Å². The van der Waals surface area contributed by atoms with Gasteiger partial charge < -0.3 is 15.3 Å². The molecule has 1 amide bonds. The van der Waals surface area contributed by atoms with Crippen LogP contribution in [0.25, 0.3) is 0 Å². The van der Waals surface area contributed by atoms with Crippen LogP contribution in [-0.2, 0) is 4.79 Å². The van der Waals surface area contributed by atoms with E-state index in [9.17, 15) is 14.3 Å². The lowest BCUT2D eigenvalue weighted by Crippen LogP contribution is -2.54. The summed E-state index contributed by atoms with van der Waals surface area (Å²) in [7, 11) is 0. The third-order valence-electron chi connectivity index (χ3n) is 3.25. The van der Waals surface area contributed by atoms with Crippen LogP contribution in [0.3, 0.4) is 0 Å². The van der Waals surface area contributed by atoms with E-state index in [1.165, 1.54) is 12.1 Å². The first-order chi connectivity index (χ1) is 8.50. The van der Waals surface area contributed by atoms with Gasteiger partial charge in [0.15, 0.2) is 0 Å². The van der Waals surface area contributed by atoms with Gasteiger partial charge in [0.1, 0.15) is 11.9 Å². The summed E-state index contributed by atoms with van der Waals surface area (Å²) in [5, 5.41) is 12.5. The molecule has 1 aliphatic heterocycles. The monoisotopic (exact) mass is 252 g/mol. The Kier molecular flexibility index (Phi) is 3.52. The SMILES string of the molecule is CC(O)c1cc(F)ccc1N1CCNC(=O)C1C. The fraction of sp³-hybridized carbons (Fsp3) is 0.462. The number of nitrogens with one attached hydrogen (secondary N) is 1. The van der Waals surface area contributed by atoms with Crippen LogP contribution < -0.4 is 10.2 Å². The predicted molar refractivity (Wildman–Crippen MR) is 66.9 cm³/mol. The van der Waals surface area contributed by atoms with E-state index in [2.05, 4.69) is 5.32 Å². The maximum absolute atomic E-state index is 13.2. The average molecular weight is 252 g/mol. The number of piperazine rings is 1. The molecule has 1 heterocycles. The highest BCUT2D eigenvalue weighted by molar-refractivity contribution is 5.86. The van der Waals surface area contributed by atoms with Gasteiger partial charge in [0, 0.05) is 24.3 Å². The molecule has 98 valence electrons. The van der Waals surface area contributed by atoms with Gasteiger partial charge in [0.25, 0.3) is 0 Å². The number of halogens is 1. The van der Waals surface area contributed by atoms with Gasteiger partial charge in [-0.2, -0.15) is 0 Å². The predicted octanol–water partition coefficient (Wildman–Crippen LogP) is 1.20. The molecule has 1 aromatic carbocycles. The van der Waals surface area contributed by atoms with Crippen molar-refractivity contribution in [3.8, 4) is 0 Å². The Labute approximate surface area is 105 Å². The third kappa shape index (κ3) is 2.31. The first kappa shape index (κ1) is 12.8. The molecule has 1 aliphatic rings. The van der Waals surface area contributed by atoms with Gasteiger partial charge in [-0.05, 0) is 32.0 Å². The van der Waals surface area contributed by atoms with Crippen molar-refractivity contribution in [1.82, 2.24) is 5.32 Å². The van der Waals surface area contributed by atoms with E-state index >= 15 is 0 Å². The number of carbonyl (C=O) groups is 1. The minimum absolute atomic E-state index is 0.0536. The van der Waals surface area contributed by atoms with Crippen molar-refractivity contribution in [2.75, 3.05) is 18.0 Å². The number of aliphatic hydroxyl groups excluding tert-OH is 1. The molecule has 2 atom stereocenters. The number of carbonyl (C=O) groups excluding carboxylic acids is 1. The number of rotatable bonds is 2. The van der Waals surface area contributed by atoms with Crippen molar-refractivity contribution in [1.29, 1.82) is 0 Å². The Morgan fingerprint density at radius 2 is 2.28 bits per heavy atom. The second-order valence-electron chi connectivity index (χ2n) is 4.54. The van der Waals surface area contributed by atoms with Gasteiger partial charge in [-0.3, -0.25) is 4.79 Å². The molecule has 1 fully saturated rings. The first-order valence-corrected chi connectivity index (χ1v) is 6.02. The maximum Gasteiger partial charge on any atom is 0.242 e. The number of nitrogens with zero attached hydrogens (tertiary/aromatic N) is 1. The van der Waals surface area contributed by atoms with Crippen LogP contribution >= 0.6 is 0 Å². The normalized spacial score (nSPS) is 21.7. The lowest BCUT2D eigenvalue weighted by molar-refractivity contribution is -0.122. The number of hydrogen-bond donors (Lipinski definition) is 2. The molecule has 1 aromatic rings. The Bertz CT molecular complexity index is 462. The molecular weight excluding hydrogens is 235 g/mol. The number of aliphatic hydroxyl groups is 1. The van der Waals surface area contributed by atoms with Crippen LogP contribution in [0.2, 0.25) is 0 Å². The molecule has 0 aliphatic carbocycles. The molecule has 18 heavy (non-hydrogen) atoms. The van der Waals surface area contributed by atoms with Crippen molar-refractivity contribution in [2.45, 2.75) is 26.0 Å². The minimum atomic E-state index is -0.770. The van der Waals surface area contributed by atoms with Gasteiger partial charge in [0.2, 0.25) is 5.91 Å². The highest BCUT2D eigenvalue weighted by Gasteiger charge is 2.27. The zero-order valence-electron chi connectivity index (χ0n) is 10.5. The summed E-state index contributed by atoms with van der Waals surface area (Å²) in [5.74, 6) is -0.439. The number of amides is 1. The summed E-state index contributed by atoms with van der Waals surface area (Å²) in [4.78, 5) is 13.5. The highest BCUT2D eigenvalue weighted by Crippen LogP contribution is 2.29. The Hall–Kier alpha value is -1.62. The van der Waals surface area contributed by atoms with Gasteiger partial charge in [-0.1, -0.05) is 0 Å². The van der Waals surface area contributed by atoms with Crippen molar-refractivity contribution in [3.63, 3.8) is 0 Å². The molecule has 0 spiro atoms. The van der Waals surface area contributed by atoms with E-state index < -0.39 is 6.10 Å². The fourth-order valence-electron chi connectivity index (χ4n) is 2.23. The molecule has 4 nitrogen and oxygen atoms in total. The van der Waals surface area contributed by atoms with Crippen LogP contribution in [0.5, 0.6) is 0 Å².